The molecule has 1 heterocycles. The maximum atomic E-state index is 5.44. The number of ether oxygens (including phenoxy) is 2. The number of benzene rings is 2. The number of methoxy groups -OCH3 is 2. The molecule has 178 valence electrons. The molecule has 0 aliphatic carbocycles. The summed E-state index contributed by atoms with van der Waals surface area (Å²) in [5.41, 5.74) is 3.44. The molecule has 1 aromatic heterocycles. The Balaban J connectivity index is 0.00000385. The molecule has 3 aromatic rings. The van der Waals surface area contributed by atoms with Crippen molar-refractivity contribution in [1.82, 2.24) is 25.4 Å². The maximum absolute atomic E-state index is 5.44. The zero-order chi connectivity index (χ0) is 22.9. The van der Waals surface area contributed by atoms with Crippen LogP contribution in [0.15, 0.2) is 47.5 Å². The maximum Gasteiger partial charge on any atom is 0.191 e. The zero-order valence-corrected chi connectivity index (χ0v) is 22.2. The van der Waals surface area contributed by atoms with E-state index in [9.17, 15) is 0 Å². The Hall–Kier alpha value is -2.82. The molecular weight excluding hydrogens is 531 g/mol. The molecule has 0 fully saturated rings. The molecule has 0 saturated heterocycles. The number of aliphatic imine (C=N–C) groups is 1. The predicted octanol–water partition coefficient (Wildman–Crippen LogP) is 3.55. The van der Waals surface area contributed by atoms with Gasteiger partial charge in [-0.2, -0.15) is 0 Å². The fourth-order valence-electron chi connectivity index (χ4n) is 3.19. The lowest BCUT2D eigenvalue weighted by molar-refractivity contribution is 0.411. The van der Waals surface area contributed by atoms with Gasteiger partial charge in [0.05, 0.1) is 27.3 Å². The van der Waals surface area contributed by atoms with Crippen LogP contribution < -0.4 is 20.1 Å². The molecule has 8 nitrogen and oxygen atoms in total. The molecule has 0 amide bonds. The minimum atomic E-state index is 0. The number of rotatable bonds is 9. The SMILES string of the molecule is COc1ccc(CN=C(NCCc2ccc(C)c(OC)c2)NCc2nnc(C)n2C)cc1.I. The van der Waals surface area contributed by atoms with Crippen molar-refractivity contribution in [3.8, 4) is 11.5 Å². The van der Waals surface area contributed by atoms with Crippen LogP contribution in [0.1, 0.15) is 28.3 Å². The third kappa shape index (κ3) is 7.62. The van der Waals surface area contributed by atoms with Crippen molar-refractivity contribution in [3.05, 3.63) is 70.8 Å². The van der Waals surface area contributed by atoms with Gasteiger partial charge in [-0.3, -0.25) is 0 Å². The van der Waals surface area contributed by atoms with E-state index in [0.717, 1.165) is 53.2 Å². The van der Waals surface area contributed by atoms with Gasteiger partial charge in [-0.05, 0) is 55.2 Å². The summed E-state index contributed by atoms with van der Waals surface area (Å²) in [6.07, 6.45) is 0.850. The summed E-state index contributed by atoms with van der Waals surface area (Å²) in [7, 11) is 5.32. The second-order valence-corrected chi connectivity index (χ2v) is 7.57. The van der Waals surface area contributed by atoms with Crippen LogP contribution in [0, 0.1) is 13.8 Å². The van der Waals surface area contributed by atoms with Crippen molar-refractivity contribution in [1.29, 1.82) is 0 Å². The molecule has 0 aliphatic rings. The second kappa shape index (κ2) is 13.0. The molecule has 2 aromatic carbocycles. The monoisotopic (exact) mass is 564 g/mol. The lowest BCUT2D eigenvalue weighted by Crippen LogP contribution is -2.38. The number of aryl methyl sites for hydroxylation is 2. The number of guanidine groups is 1. The number of nitrogens with zero attached hydrogens (tertiary/aromatic N) is 4. The molecule has 33 heavy (non-hydrogen) atoms. The Morgan fingerprint density at radius 2 is 1.70 bits per heavy atom. The van der Waals surface area contributed by atoms with E-state index >= 15 is 0 Å². The molecule has 9 heteroatoms. The van der Waals surface area contributed by atoms with Crippen molar-refractivity contribution < 1.29 is 9.47 Å². The van der Waals surface area contributed by atoms with Gasteiger partial charge >= 0.3 is 0 Å². The molecule has 2 N–H and O–H groups in total. The van der Waals surface area contributed by atoms with Gasteiger partial charge in [0.1, 0.15) is 17.3 Å². The van der Waals surface area contributed by atoms with E-state index < -0.39 is 0 Å². The molecule has 0 unspecified atom stereocenters. The van der Waals surface area contributed by atoms with Crippen molar-refractivity contribution in [3.63, 3.8) is 0 Å². The van der Waals surface area contributed by atoms with Gasteiger partial charge in [-0.15, -0.1) is 34.2 Å². The average Bonchev–Trinajstić information content (AvgIpc) is 3.14. The lowest BCUT2D eigenvalue weighted by atomic mass is 10.1. The highest BCUT2D eigenvalue weighted by atomic mass is 127. The first-order valence-corrected chi connectivity index (χ1v) is 10.6. The summed E-state index contributed by atoms with van der Waals surface area (Å²) in [6, 6.07) is 14.2. The van der Waals surface area contributed by atoms with Gasteiger partial charge in [0, 0.05) is 13.6 Å². The number of halogens is 1. The number of hydrogen-bond acceptors (Lipinski definition) is 5. The van der Waals surface area contributed by atoms with E-state index in [-0.39, 0.29) is 24.0 Å². The Morgan fingerprint density at radius 3 is 2.33 bits per heavy atom. The second-order valence-electron chi connectivity index (χ2n) is 7.57. The van der Waals surface area contributed by atoms with E-state index in [2.05, 4.69) is 39.0 Å². The predicted molar refractivity (Wildman–Crippen MR) is 142 cm³/mol. The average molecular weight is 564 g/mol. The fourth-order valence-corrected chi connectivity index (χ4v) is 3.19. The van der Waals surface area contributed by atoms with Crippen LogP contribution in [0.2, 0.25) is 0 Å². The Kier molecular flexibility index (Phi) is 10.4. The minimum Gasteiger partial charge on any atom is -0.497 e. The third-order valence-electron chi connectivity index (χ3n) is 5.35. The third-order valence-corrected chi connectivity index (χ3v) is 5.35. The molecule has 0 radical (unpaired) electrons. The van der Waals surface area contributed by atoms with Gasteiger partial charge in [-0.1, -0.05) is 24.3 Å². The van der Waals surface area contributed by atoms with Crippen LogP contribution in [0.25, 0.3) is 0 Å². The highest BCUT2D eigenvalue weighted by molar-refractivity contribution is 14.0. The summed E-state index contributed by atoms with van der Waals surface area (Å²) in [4.78, 5) is 4.75. The summed E-state index contributed by atoms with van der Waals surface area (Å²) in [5.74, 6) is 4.19. The first-order valence-electron chi connectivity index (χ1n) is 10.6. The minimum absolute atomic E-state index is 0. The number of hydrogen-bond donors (Lipinski definition) is 2. The molecular formula is C24H33IN6O2. The van der Waals surface area contributed by atoms with Crippen molar-refractivity contribution in [2.75, 3.05) is 20.8 Å². The molecule has 0 spiro atoms. The lowest BCUT2D eigenvalue weighted by Gasteiger charge is -2.13. The smallest absolute Gasteiger partial charge is 0.191 e. The highest BCUT2D eigenvalue weighted by Gasteiger charge is 2.07. The van der Waals surface area contributed by atoms with Crippen LogP contribution in [-0.2, 0) is 26.6 Å². The normalized spacial score (nSPS) is 11.0. The van der Waals surface area contributed by atoms with Crippen LogP contribution in [-0.4, -0.2) is 41.5 Å². The van der Waals surface area contributed by atoms with Crippen molar-refractivity contribution in [2.24, 2.45) is 12.0 Å². The van der Waals surface area contributed by atoms with Gasteiger partial charge in [-0.25, -0.2) is 4.99 Å². The van der Waals surface area contributed by atoms with Crippen molar-refractivity contribution >= 4 is 29.9 Å². The fraction of sp³-hybridized carbons (Fsp3) is 0.375. The Morgan fingerprint density at radius 1 is 0.970 bits per heavy atom. The number of aromatic nitrogens is 3. The summed E-state index contributed by atoms with van der Waals surface area (Å²) < 4.78 is 12.6. The van der Waals surface area contributed by atoms with Crippen LogP contribution in [0.5, 0.6) is 11.5 Å². The van der Waals surface area contributed by atoms with E-state index in [1.54, 1.807) is 14.2 Å². The first-order chi connectivity index (χ1) is 15.5. The molecule has 0 bridgehead atoms. The van der Waals surface area contributed by atoms with Crippen LogP contribution in [0.4, 0.5) is 0 Å². The Bertz CT molecular complexity index is 1050. The van der Waals surface area contributed by atoms with Gasteiger partial charge in [0.2, 0.25) is 0 Å². The molecule has 0 aliphatic heterocycles. The number of nitrogens with one attached hydrogen (secondary N) is 2. The summed E-state index contributed by atoms with van der Waals surface area (Å²) in [5, 5.41) is 15.1. The molecule has 3 rings (SSSR count). The molecule has 0 atom stereocenters. The largest absolute Gasteiger partial charge is 0.497 e. The van der Waals surface area contributed by atoms with E-state index in [1.807, 2.05) is 49.7 Å². The quantitative estimate of drug-likeness (QED) is 0.235. The van der Waals surface area contributed by atoms with Crippen LogP contribution >= 0.6 is 24.0 Å². The van der Waals surface area contributed by atoms with E-state index in [1.165, 1.54) is 5.56 Å². The van der Waals surface area contributed by atoms with Gasteiger partial charge < -0.3 is 24.7 Å². The standard InChI is InChI=1S/C24H32N6O2.HI/c1-17-6-7-19(14-22(17)32-5)12-13-25-24(27-16-23-29-28-18(2)30(23)3)26-15-20-8-10-21(31-4)11-9-20;/h6-11,14H,12-13,15-16H2,1-5H3,(H2,25,26,27);1H. The van der Waals surface area contributed by atoms with Crippen LogP contribution in [0.3, 0.4) is 0 Å². The van der Waals surface area contributed by atoms with E-state index in [4.69, 9.17) is 14.5 Å². The van der Waals surface area contributed by atoms with Gasteiger partial charge in [0.15, 0.2) is 11.8 Å². The van der Waals surface area contributed by atoms with Gasteiger partial charge in [0.25, 0.3) is 0 Å². The van der Waals surface area contributed by atoms with Crippen molar-refractivity contribution in [2.45, 2.75) is 33.4 Å². The summed E-state index contributed by atoms with van der Waals surface area (Å²) >= 11 is 0. The molecule has 0 saturated carbocycles. The Labute approximate surface area is 212 Å². The van der Waals surface area contributed by atoms with E-state index in [0.29, 0.717) is 13.1 Å². The zero-order valence-electron chi connectivity index (χ0n) is 19.9. The summed E-state index contributed by atoms with van der Waals surface area (Å²) in [6.45, 7) is 5.80. The first kappa shape index (κ1) is 26.4. The highest BCUT2D eigenvalue weighted by Crippen LogP contribution is 2.19. The topological polar surface area (TPSA) is 85.6 Å².